The van der Waals surface area contributed by atoms with Crippen LogP contribution in [0, 0.1) is 0 Å². The van der Waals surface area contributed by atoms with E-state index in [4.69, 9.17) is 33.7 Å². The molecule has 0 bridgehead atoms. The van der Waals surface area contributed by atoms with Crippen molar-refractivity contribution in [2.45, 2.75) is 13.0 Å². The molecule has 6 heteroatoms. The minimum Gasteiger partial charge on any atom is -0.497 e. The van der Waals surface area contributed by atoms with Gasteiger partial charge in [-0.1, -0.05) is 29.3 Å². The fourth-order valence-electron chi connectivity index (χ4n) is 2.19. The molecule has 23 heavy (non-hydrogen) atoms. The van der Waals surface area contributed by atoms with Crippen molar-refractivity contribution in [2.24, 2.45) is 5.73 Å². The highest BCUT2D eigenvalue weighted by Crippen LogP contribution is 2.26. The van der Waals surface area contributed by atoms with Crippen LogP contribution in [0.4, 0.5) is 5.69 Å². The highest BCUT2D eigenvalue weighted by Gasteiger charge is 2.11. The summed E-state index contributed by atoms with van der Waals surface area (Å²) in [5, 5.41) is 1.18. The Hall–Kier alpha value is -1.91. The Labute approximate surface area is 145 Å². The lowest BCUT2D eigenvalue weighted by Gasteiger charge is -2.25. The van der Waals surface area contributed by atoms with Crippen LogP contribution in [0.5, 0.6) is 5.75 Å². The standard InChI is InChI=1S/C17H18Cl2N2O2/c1-23-15-6-4-14(5-7-15)21(9-8-17(20)22)11-12-2-3-13(18)10-16(12)19/h2-7,10H,8-9,11H2,1H3,(H2,20,22). The SMILES string of the molecule is COc1ccc(N(CCC(N)=O)Cc2ccc(Cl)cc2Cl)cc1. The summed E-state index contributed by atoms with van der Waals surface area (Å²) in [6.45, 7) is 1.05. The van der Waals surface area contributed by atoms with Gasteiger partial charge in [0, 0.05) is 35.2 Å². The number of hydrogen-bond acceptors (Lipinski definition) is 3. The molecule has 2 N–H and O–H groups in total. The van der Waals surface area contributed by atoms with Crippen molar-refractivity contribution in [3.63, 3.8) is 0 Å². The van der Waals surface area contributed by atoms with E-state index >= 15 is 0 Å². The molecule has 0 saturated carbocycles. The second-order valence-electron chi connectivity index (χ2n) is 5.07. The number of rotatable bonds is 7. The smallest absolute Gasteiger partial charge is 0.219 e. The molecule has 0 atom stereocenters. The van der Waals surface area contributed by atoms with E-state index in [0.717, 1.165) is 17.0 Å². The first kappa shape index (κ1) is 17.4. The van der Waals surface area contributed by atoms with Crippen LogP contribution >= 0.6 is 23.2 Å². The van der Waals surface area contributed by atoms with Gasteiger partial charge < -0.3 is 15.4 Å². The van der Waals surface area contributed by atoms with Gasteiger partial charge in [-0.2, -0.15) is 0 Å². The number of hydrogen-bond donors (Lipinski definition) is 1. The van der Waals surface area contributed by atoms with Crippen LogP contribution in [-0.2, 0) is 11.3 Å². The Kier molecular flexibility index (Phi) is 6.13. The van der Waals surface area contributed by atoms with E-state index in [2.05, 4.69) is 0 Å². The number of primary amides is 1. The molecule has 0 unspecified atom stereocenters. The molecule has 0 fully saturated rings. The molecule has 2 aromatic carbocycles. The Morgan fingerprint density at radius 2 is 1.87 bits per heavy atom. The first-order valence-electron chi connectivity index (χ1n) is 7.11. The summed E-state index contributed by atoms with van der Waals surface area (Å²) in [7, 11) is 1.62. The van der Waals surface area contributed by atoms with Gasteiger partial charge >= 0.3 is 0 Å². The molecule has 0 heterocycles. The Bertz CT molecular complexity index is 675. The van der Waals surface area contributed by atoms with Crippen LogP contribution in [-0.4, -0.2) is 19.6 Å². The molecule has 0 spiro atoms. The fourth-order valence-corrected chi connectivity index (χ4v) is 2.66. The number of amides is 1. The molecule has 4 nitrogen and oxygen atoms in total. The van der Waals surface area contributed by atoms with E-state index in [-0.39, 0.29) is 12.3 Å². The number of nitrogens with two attached hydrogens (primary N) is 1. The Balaban J connectivity index is 2.23. The van der Waals surface area contributed by atoms with Crippen LogP contribution < -0.4 is 15.4 Å². The molecular weight excluding hydrogens is 335 g/mol. The number of methoxy groups -OCH3 is 1. The highest BCUT2D eigenvalue weighted by molar-refractivity contribution is 6.35. The van der Waals surface area contributed by atoms with Crippen molar-refractivity contribution in [1.29, 1.82) is 0 Å². The van der Waals surface area contributed by atoms with E-state index < -0.39 is 0 Å². The van der Waals surface area contributed by atoms with Crippen LogP contribution in [0.25, 0.3) is 0 Å². The maximum Gasteiger partial charge on any atom is 0.219 e. The molecule has 2 aromatic rings. The van der Waals surface area contributed by atoms with Crippen LogP contribution in [0.15, 0.2) is 42.5 Å². The average molecular weight is 353 g/mol. The summed E-state index contributed by atoms with van der Waals surface area (Å²) in [4.78, 5) is 13.2. The molecule has 0 radical (unpaired) electrons. The van der Waals surface area contributed by atoms with Crippen molar-refractivity contribution in [2.75, 3.05) is 18.6 Å². The average Bonchev–Trinajstić information content (AvgIpc) is 2.53. The molecule has 0 aliphatic carbocycles. The highest BCUT2D eigenvalue weighted by atomic mass is 35.5. The van der Waals surface area contributed by atoms with Gasteiger partial charge in [-0.25, -0.2) is 0 Å². The van der Waals surface area contributed by atoms with Gasteiger partial charge in [0.2, 0.25) is 5.91 Å². The summed E-state index contributed by atoms with van der Waals surface area (Å²) in [5.41, 5.74) is 7.16. The van der Waals surface area contributed by atoms with Crippen LogP contribution in [0.3, 0.4) is 0 Å². The van der Waals surface area contributed by atoms with Crippen LogP contribution in [0.1, 0.15) is 12.0 Å². The first-order valence-corrected chi connectivity index (χ1v) is 7.86. The third-order valence-corrected chi connectivity index (χ3v) is 4.03. The largest absolute Gasteiger partial charge is 0.497 e. The second kappa shape index (κ2) is 8.09. The van der Waals surface area contributed by atoms with Crippen molar-refractivity contribution >= 4 is 34.8 Å². The topological polar surface area (TPSA) is 55.6 Å². The third kappa shape index (κ3) is 5.05. The fraction of sp³-hybridized carbons (Fsp3) is 0.235. The number of nitrogens with zero attached hydrogens (tertiary/aromatic N) is 1. The normalized spacial score (nSPS) is 10.4. The minimum atomic E-state index is -0.342. The number of benzene rings is 2. The van der Waals surface area contributed by atoms with E-state index in [0.29, 0.717) is 23.1 Å². The van der Waals surface area contributed by atoms with Crippen molar-refractivity contribution in [3.8, 4) is 5.75 Å². The summed E-state index contributed by atoms with van der Waals surface area (Å²) in [6, 6.07) is 13.0. The van der Waals surface area contributed by atoms with Crippen molar-refractivity contribution in [1.82, 2.24) is 0 Å². The first-order chi connectivity index (χ1) is 11.0. The monoisotopic (exact) mass is 352 g/mol. The van der Waals surface area contributed by atoms with E-state index in [1.807, 2.05) is 35.2 Å². The lowest BCUT2D eigenvalue weighted by atomic mass is 10.1. The zero-order valence-electron chi connectivity index (χ0n) is 12.8. The Morgan fingerprint density at radius 1 is 1.17 bits per heavy atom. The van der Waals surface area contributed by atoms with Gasteiger partial charge in [0.15, 0.2) is 0 Å². The molecule has 0 aliphatic heterocycles. The molecule has 0 aromatic heterocycles. The van der Waals surface area contributed by atoms with Crippen molar-refractivity contribution < 1.29 is 9.53 Å². The molecular formula is C17H18Cl2N2O2. The molecule has 1 amide bonds. The number of anilines is 1. The minimum absolute atomic E-state index is 0.261. The second-order valence-corrected chi connectivity index (χ2v) is 5.92. The molecule has 0 aliphatic rings. The van der Waals surface area contributed by atoms with E-state index in [9.17, 15) is 4.79 Å². The van der Waals surface area contributed by atoms with Gasteiger partial charge in [0.1, 0.15) is 5.75 Å². The predicted octanol–water partition coefficient (Wildman–Crippen LogP) is 3.88. The van der Waals surface area contributed by atoms with Gasteiger partial charge in [-0.15, -0.1) is 0 Å². The summed E-state index contributed by atoms with van der Waals surface area (Å²) in [5.74, 6) is 0.429. The lowest BCUT2D eigenvalue weighted by Crippen LogP contribution is -2.27. The number of carbonyl (C=O) groups is 1. The van der Waals surface area contributed by atoms with Gasteiger partial charge in [-0.3, -0.25) is 4.79 Å². The number of halogens is 2. The maximum atomic E-state index is 11.1. The Morgan fingerprint density at radius 3 is 2.43 bits per heavy atom. The summed E-state index contributed by atoms with van der Waals surface area (Å²) in [6.07, 6.45) is 0.261. The zero-order valence-corrected chi connectivity index (χ0v) is 14.3. The predicted molar refractivity (Wildman–Crippen MR) is 94.3 cm³/mol. The maximum absolute atomic E-state index is 11.1. The number of ether oxygens (including phenoxy) is 1. The lowest BCUT2D eigenvalue weighted by molar-refractivity contribution is -0.117. The van der Waals surface area contributed by atoms with Crippen LogP contribution in [0.2, 0.25) is 10.0 Å². The summed E-state index contributed by atoms with van der Waals surface area (Å²) < 4.78 is 5.17. The van der Waals surface area contributed by atoms with E-state index in [1.54, 1.807) is 19.2 Å². The molecule has 2 rings (SSSR count). The zero-order chi connectivity index (χ0) is 16.8. The third-order valence-electron chi connectivity index (χ3n) is 3.44. The summed E-state index contributed by atoms with van der Waals surface area (Å²) >= 11 is 12.2. The van der Waals surface area contributed by atoms with Gasteiger partial charge in [-0.05, 0) is 42.0 Å². The molecule has 122 valence electrons. The van der Waals surface area contributed by atoms with Crippen molar-refractivity contribution in [3.05, 3.63) is 58.1 Å². The quantitative estimate of drug-likeness (QED) is 0.822. The van der Waals surface area contributed by atoms with E-state index in [1.165, 1.54) is 0 Å². The van der Waals surface area contributed by atoms with Gasteiger partial charge in [0.05, 0.1) is 7.11 Å². The molecule has 0 saturated heterocycles. The van der Waals surface area contributed by atoms with Gasteiger partial charge in [0.25, 0.3) is 0 Å². The number of carbonyl (C=O) groups excluding carboxylic acids is 1.